The molecule has 1 heterocycles. The zero-order valence-corrected chi connectivity index (χ0v) is 11.1. The van der Waals surface area contributed by atoms with Crippen molar-refractivity contribution in [2.75, 3.05) is 33.3 Å². The molecule has 0 saturated carbocycles. The number of rotatable bonds is 4. The van der Waals surface area contributed by atoms with E-state index in [0.29, 0.717) is 11.8 Å². The Kier molecular flexibility index (Phi) is 4.55. The fraction of sp³-hybridized carbons (Fsp3) is 0.571. The molecule has 1 aromatic rings. The number of nitrogens with one attached hydrogen (secondary N) is 1. The summed E-state index contributed by atoms with van der Waals surface area (Å²) >= 11 is 0. The largest absolute Gasteiger partial charge is 0.494 e. The van der Waals surface area contributed by atoms with Crippen LogP contribution in [0.15, 0.2) is 18.2 Å². The lowest BCUT2D eigenvalue weighted by atomic mass is 10.0. The molecule has 1 aliphatic rings. The SMILES string of the molecule is COc1ccc(CC(C)N2CCNCC2)cc1F. The molecule has 1 unspecified atom stereocenters. The van der Waals surface area contributed by atoms with Gasteiger partial charge in [0, 0.05) is 32.2 Å². The Morgan fingerprint density at radius 3 is 2.72 bits per heavy atom. The van der Waals surface area contributed by atoms with Gasteiger partial charge in [-0.15, -0.1) is 0 Å². The maximum Gasteiger partial charge on any atom is 0.165 e. The lowest BCUT2D eigenvalue weighted by Gasteiger charge is -2.32. The van der Waals surface area contributed by atoms with Gasteiger partial charge in [0.15, 0.2) is 11.6 Å². The van der Waals surface area contributed by atoms with E-state index in [9.17, 15) is 4.39 Å². The Bertz CT molecular complexity index is 391. The van der Waals surface area contributed by atoms with Crippen LogP contribution in [-0.2, 0) is 6.42 Å². The van der Waals surface area contributed by atoms with Crippen molar-refractivity contribution in [2.45, 2.75) is 19.4 Å². The normalized spacial score (nSPS) is 18.6. The molecule has 0 aliphatic carbocycles. The number of halogens is 1. The van der Waals surface area contributed by atoms with Crippen molar-refractivity contribution < 1.29 is 9.13 Å². The van der Waals surface area contributed by atoms with Gasteiger partial charge in [-0.25, -0.2) is 4.39 Å². The number of nitrogens with zero attached hydrogens (tertiary/aromatic N) is 1. The van der Waals surface area contributed by atoms with Gasteiger partial charge in [0.1, 0.15) is 0 Å². The molecule has 1 aliphatic heterocycles. The van der Waals surface area contributed by atoms with Gasteiger partial charge in [-0.05, 0) is 31.0 Å². The van der Waals surface area contributed by atoms with E-state index in [1.54, 1.807) is 12.1 Å². The number of methoxy groups -OCH3 is 1. The minimum absolute atomic E-state index is 0.275. The highest BCUT2D eigenvalue weighted by Gasteiger charge is 2.17. The van der Waals surface area contributed by atoms with Crippen LogP contribution in [0.25, 0.3) is 0 Å². The van der Waals surface area contributed by atoms with E-state index in [-0.39, 0.29) is 5.82 Å². The molecule has 0 amide bonds. The van der Waals surface area contributed by atoms with Crippen molar-refractivity contribution in [2.24, 2.45) is 0 Å². The van der Waals surface area contributed by atoms with E-state index >= 15 is 0 Å². The predicted molar refractivity (Wildman–Crippen MR) is 70.6 cm³/mol. The van der Waals surface area contributed by atoms with Crippen LogP contribution in [0, 0.1) is 5.82 Å². The molecule has 2 rings (SSSR count). The van der Waals surface area contributed by atoms with Gasteiger partial charge in [-0.3, -0.25) is 4.90 Å². The number of ether oxygens (including phenoxy) is 1. The number of hydrogen-bond acceptors (Lipinski definition) is 3. The molecule has 0 bridgehead atoms. The van der Waals surface area contributed by atoms with Crippen LogP contribution in [0.2, 0.25) is 0 Å². The molecule has 1 atom stereocenters. The first kappa shape index (κ1) is 13.3. The van der Waals surface area contributed by atoms with Gasteiger partial charge >= 0.3 is 0 Å². The van der Waals surface area contributed by atoms with Crippen LogP contribution in [-0.4, -0.2) is 44.2 Å². The number of benzene rings is 1. The minimum atomic E-state index is -0.275. The molecular formula is C14H21FN2O. The van der Waals surface area contributed by atoms with Gasteiger partial charge in [0.25, 0.3) is 0 Å². The maximum absolute atomic E-state index is 13.6. The van der Waals surface area contributed by atoms with E-state index in [1.165, 1.54) is 7.11 Å². The Morgan fingerprint density at radius 2 is 2.11 bits per heavy atom. The first-order valence-corrected chi connectivity index (χ1v) is 6.48. The molecule has 0 spiro atoms. The summed E-state index contributed by atoms with van der Waals surface area (Å²) in [6.07, 6.45) is 0.876. The van der Waals surface area contributed by atoms with E-state index in [4.69, 9.17) is 4.74 Å². The summed E-state index contributed by atoms with van der Waals surface area (Å²) in [6.45, 7) is 6.43. The summed E-state index contributed by atoms with van der Waals surface area (Å²) in [6, 6.07) is 5.67. The molecule has 18 heavy (non-hydrogen) atoms. The topological polar surface area (TPSA) is 24.5 Å². The lowest BCUT2D eigenvalue weighted by Crippen LogP contribution is -2.48. The number of hydrogen-bond donors (Lipinski definition) is 1. The van der Waals surface area contributed by atoms with Crippen LogP contribution >= 0.6 is 0 Å². The Balaban J connectivity index is 1.97. The van der Waals surface area contributed by atoms with Crippen LogP contribution in [0.1, 0.15) is 12.5 Å². The van der Waals surface area contributed by atoms with E-state index in [2.05, 4.69) is 17.1 Å². The molecule has 3 nitrogen and oxygen atoms in total. The second kappa shape index (κ2) is 6.16. The minimum Gasteiger partial charge on any atom is -0.494 e. The van der Waals surface area contributed by atoms with Gasteiger partial charge in [-0.1, -0.05) is 6.07 Å². The predicted octanol–water partition coefficient (Wildman–Crippen LogP) is 1.67. The van der Waals surface area contributed by atoms with Crippen molar-refractivity contribution in [3.63, 3.8) is 0 Å². The summed E-state index contributed by atoms with van der Waals surface area (Å²) in [4.78, 5) is 2.44. The summed E-state index contributed by atoms with van der Waals surface area (Å²) < 4.78 is 18.5. The fourth-order valence-electron chi connectivity index (χ4n) is 2.43. The molecule has 1 N–H and O–H groups in total. The third-order valence-electron chi connectivity index (χ3n) is 3.52. The summed E-state index contributed by atoms with van der Waals surface area (Å²) in [5.74, 6) is 0.0380. The fourth-order valence-corrected chi connectivity index (χ4v) is 2.43. The first-order valence-electron chi connectivity index (χ1n) is 6.48. The third kappa shape index (κ3) is 3.21. The zero-order chi connectivity index (χ0) is 13.0. The molecule has 1 fully saturated rings. The van der Waals surface area contributed by atoms with Crippen molar-refractivity contribution >= 4 is 0 Å². The van der Waals surface area contributed by atoms with Gasteiger partial charge in [0.2, 0.25) is 0 Å². The van der Waals surface area contributed by atoms with Crippen molar-refractivity contribution in [1.29, 1.82) is 0 Å². The van der Waals surface area contributed by atoms with Crippen molar-refractivity contribution in [3.8, 4) is 5.75 Å². The summed E-state index contributed by atoms with van der Waals surface area (Å²) in [7, 11) is 1.49. The van der Waals surface area contributed by atoms with E-state index in [0.717, 1.165) is 38.2 Å². The number of piperazine rings is 1. The second-order valence-electron chi connectivity index (χ2n) is 4.81. The zero-order valence-electron chi connectivity index (χ0n) is 11.1. The van der Waals surface area contributed by atoms with Crippen LogP contribution in [0.4, 0.5) is 4.39 Å². The van der Waals surface area contributed by atoms with Crippen molar-refractivity contribution in [1.82, 2.24) is 10.2 Å². The van der Waals surface area contributed by atoms with Crippen LogP contribution < -0.4 is 10.1 Å². The standard InChI is InChI=1S/C14H21FN2O/c1-11(17-7-5-16-6-8-17)9-12-3-4-14(18-2)13(15)10-12/h3-4,10-11,16H,5-9H2,1-2H3. The molecule has 100 valence electrons. The molecule has 1 aromatic carbocycles. The molecular weight excluding hydrogens is 231 g/mol. The van der Waals surface area contributed by atoms with Crippen molar-refractivity contribution in [3.05, 3.63) is 29.6 Å². The highest BCUT2D eigenvalue weighted by molar-refractivity contribution is 5.29. The maximum atomic E-state index is 13.6. The molecule has 0 radical (unpaired) electrons. The smallest absolute Gasteiger partial charge is 0.165 e. The average molecular weight is 252 g/mol. The average Bonchev–Trinajstić information content (AvgIpc) is 2.40. The monoisotopic (exact) mass is 252 g/mol. The van der Waals surface area contributed by atoms with Gasteiger partial charge in [-0.2, -0.15) is 0 Å². The molecule has 4 heteroatoms. The first-order chi connectivity index (χ1) is 8.70. The van der Waals surface area contributed by atoms with E-state index in [1.807, 2.05) is 6.07 Å². The Labute approximate surface area is 108 Å². The molecule has 0 aromatic heterocycles. The summed E-state index contributed by atoms with van der Waals surface area (Å²) in [5.41, 5.74) is 1.03. The quantitative estimate of drug-likeness (QED) is 0.882. The van der Waals surface area contributed by atoms with Gasteiger partial charge < -0.3 is 10.1 Å². The third-order valence-corrected chi connectivity index (χ3v) is 3.52. The highest BCUT2D eigenvalue weighted by Crippen LogP contribution is 2.19. The second-order valence-corrected chi connectivity index (χ2v) is 4.81. The molecule has 1 saturated heterocycles. The van der Waals surface area contributed by atoms with E-state index < -0.39 is 0 Å². The lowest BCUT2D eigenvalue weighted by molar-refractivity contribution is 0.183. The Morgan fingerprint density at radius 1 is 1.39 bits per heavy atom. The van der Waals surface area contributed by atoms with Crippen LogP contribution in [0.3, 0.4) is 0 Å². The summed E-state index contributed by atoms with van der Waals surface area (Å²) in [5, 5.41) is 3.34. The van der Waals surface area contributed by atoms with Crippen LogP contribution in [0.5, 0.6) is 5.75 Å². The Hall–Kier alpha value is -1.13. The van der Waals surface area contributed by atoms with Gasteiger partial charge in [0.05, 0.1) is 7.11 Å². The highest BCUT2D eigenvalue weighted by atomic mass is 19.1.